The van der Waals surface area contributed by atoms with Gasteiger partial charge in [-0.25, -0.2) is 8.42 Å². The molecule has 0 aliphatic carbocycles. The van der Waals surface area contributed by atoms with Gasteiger partial charge in [-0.3, -0.25) is 9.69 Å². The molecular formula is C9H19N3O3S. The smallest absolute Gasteiger partial charge is 0.235 e. The van der Waals surface area contributed by atoms with E-state index in [4.69, 9.17) is 5.73 Å². The van der Waals surface area contributed by atoms with E-state index in [1.54, 1.807) is 0 Å². The van der Waals surface area contributed by atoms with Gasteiger partial charge >= 0.3 is 0 Å². The predicted octanol–water partition coefficient (Wildman–Crippen LogP) is -1.82. The summed E-state index contributed by atoms with van der Waals surface area (Å²) in [6.07, 6.45) is 0. The summed E-state index contributed by atoms with van der Waals surface area (Å²) in [5.74, 6) is -0.0508. The summed E-state index contributed by atoms with van der Waals surface area (Å²) in [6, 6.07) is -0.397. The summed E-state index contributed by atoms with van der Waals surface area (Å²) in [5.41, 5.74) is 5.25. The third kappa shape index (κ3) is 4.07. The highest BCUT2D eigenvalue weighted by atomic mass is 32.2. The number of hydrogen-bond donors (Lipinski definition) is 2. The molecule has 1 aliphatic heterocycles. The second-order valence-electron chi connectivity index (χ2n) is 3.97. The number of nitrogens with one attached hydrogen (secondary N) is 1. The maximum atomic E-state index is 11.2. The predicted molar refractivity (Wildman–Crippen MR) is 61.8 cm³/mol. The van der Waals surface area contributed by atoms with E-state index in [0.29, 0.717) is 26.2 Å². The summed E-state index contributed by atoms with van der Waals surface area (Å²) in [7, 11) is -2.86. The Morgan fingerprint density at radius 3 is 2.44 bits per heavy atom. The molecule has 6 nitrogen and oxygen atoms in total. The SMILES string of the molecule is CCNC(CN1CCS(=O)(=O)CC1)C(N)=O. The lowest BCUT2D eigenvalue weighted by atomic mass is 10.2. The lowest BCUT2D eigenvalue weighted by molar-refractivity contribution is -0.120. The molecule has 1 amide bonds. The molecule has 7 heteroatoms. The molecule has 94 valence electrons. The first-order chi connectivity index (χ1) is 7.44. The van der Waals surface area contributed by atoms with Crippen LogP contribution in [0.1, 0.15) is 6.92 Å². The molecular weight excluding hydrogens is 230 g/mol. The average molecular weight is 249 g/mol. The molecule has 1 saturated heterocycles. The summed E-state index contributed by atoms with van der Waals surface area (Å²) >= 11 is 0. The minimum absolute atomic E-state index is 0.171. The van der Waals surface area contributed by atoms with Crippen molar-refractivity contribution in [3.8, 4) is 0 Å². The Balaban J connectivity index is 2.45. The molecule has 1 fully saturated rings. The maximum Gasteiger partial charge on any atom is 0.235 e. The molecule has 0 aromatic heterocycles. The minimum Gasteiger partial charge on any atom is -0.368 e. The average Bonchev–Trinajstić information content (AvgIpc) is 2.20. The van der Waals surface area contributed by atoms with Crippen molar-refractivity contribution in [3.63, 3.8) is 0 Å². The quantitative estimate of drug-likeness (QED) is 0.598. The monoisotopic (exact) mass is 249 g/mol. The summed E-state index contributed by atoms with van der Waals surface area (Å²) in [6.45, 7) is 4.02. The molecule has 0 aromatic carbocycles. The first kappa shape index (κ1) is 13.4. The van der Waals surface area contributed by atoms with E-state index in [1.807, 2.05) is 11.8 Å². The van der Waals surface area contributed by atoms with E-state index in [-0.39, 0.29) is 11.5 Å². The van der Waals surface area contributed by atoms with E-state index in [1.165, 1.54) is 0 Å². The lowest BCUT2D eigenvalue weighted by Gasteiger charge is -2.29. The van der Waals surface area contributed by atoms with Crippen molar-refractivity contribution in [2.24, 2.45) is 5.73 Å². The normalized spacial score (nSPS) is 22.8. The Morgan fingerprint density at radius 2 is 2.00 bits per heavy atom. The number of rotatable bonds is 5. The molecule has 0 bridgehead atoms. The van der Waals surface area contributed by atoms with Crippen LogP contribution in [0.3, 0.4) is 0 Å². The molecule has 1 rings (SSSR count). The van der Waals surface area contributed by atoms with E-state index in [9.17, 15) is 13.2 Å². The van der Waals surface area contributed by atoms with Crippen LogP contribution in [0, 0.1) is 0 Å². The third-order valence-corrected chi connectivity index (χ3v) is 4.28. The van der Waals surface area contributed by atoms with Gasteiger partial charge in [0.15, 0.2) is 9.84 Å². The van der Waals surface area contributed by atoms with Gasteiger partial charge < -0.3 is 11.1 Å². The Bertz CT molecular complexity index is 328. The topological polar surface area (TPSA) is 92.5 Å². The van der Waals surface area contributed by atoms with Crippen LogP contribution < -0.4 is 11.1 Å². The lowest BCUT2D eigenvalue weighted by Crippen LogP contribution is -2.52. The fraction of sp³-hybridized carbons (Fsp3) is 0.889. The molecule has 3 N–H and O–H groups in total. The van der Waals surface area contributed by atoms with Crippen molar-refractivity contribution in [2.45, 2.75) is 13.0 Å². The highest BCUT2D eigenvalue weighted by Gasteiger charge is 2.25. The van der Waals surface area contributed by atoms with Gasteiger partial charge in [0.05, 0.1) is 17.5 Å². The van der Waals surface area contributed by atoms with Crippen molar-refractivity contribution >= 4 is 15.7 Å². The van der Waals surface area contributed by atoms with Gasteiger partial charge in [0, 0.05) is 19.6 Å². The van der Waals surface area contributed by atoms with Crippen LogP contribution in [-0.2, 0) is 14.6 Å². The first-order valence-electron chi connectivity index (χ1n) is 5.40. The zero-order valence-corrected chi connectivity index (χ0v) is 10.3. The van der Waals surface area contributed by atoms with Crippen molar-refractivity contribution in [1.29, 1.82) is 0 Å². The van der Waals surface area contributed by atoms with Crippen LogP contribution in [0.2, 0.25) is 0 Å². The Hall–Kier alpha value is -0.660. The van der Waals surface area contributed by atoms with Crippen LogP contribution in [0.25, 0.3) is 0 Å². The van der Waals surface area contributed by atoms with Crippen LogP contribution in [0.15, 0.2) is 0 Å². The summed E-state index contributed by atoms with van der Waals surface area (Å²) in [5, 5.41) is 2.98. The number of nitrogens with two attached hydrogens (primary N) is 1. The largest absolute Gasteiger partial charge is 0.368 e. The summed E-state index contributed by atoms with van der Waals surface area (Å²) in [4.78, 5) is 13.1. The molecule has 16 heavy (non-hydrogen) atoms. The minimum atomic E-state index is -2.86. The number of primary amides is 1. The Morgan fingerprint density at radius 1 is 1.44 bits per heavy atom. The zero-order chi connectivity index (χ0) is 12.2. The van der Waals surface area contributed by atoms with E-state index in [2.05, 4.69) is 5.32 Å². The number of carbonyl (C=O) groups excluding carboxylic acids is 1. The van der Waals surface area contributed by atoms with Gasteiger partial charge in [-0.05, 0) is 6.54 Å². The second-order valence-corrected chi connectivity index (χ2v) is 6.27. The molecule has 0 saturated carbocycles. The zero-order valence-electron chi connectivity index (χ0n) is 9.48. The molecule has 1 aliphatic rings. The molecule has 1 unspecified atom stereocenters. The van der Waals surface area contributed by atoms with Gasteiger partial charge in [0.2, 0.25) is 5.91 Å². The second kappa shape index (κ2) is 5.60. The van der Waals surface area contributed by atoms with E-state index < -0.39 is 21.8 Å². The van der Waals surface area contributed by atoms with Gasteiger partial charge in [-0.2, -0.15) is 0 Å². The van der Waals surface area contributed by atoms with Crippen molar-refractivity contribution in [2.75, 3.05) is 37.7 Å². The number of carbonyl (C=O) groups is 1. The van der Waals surface area contributed by atoms with Crippen LogP contribution in [0.5, 0.6) is 0 Å². The maximum absolute atomic E-state index is 11.2. The fourth-order valence-electron chi connectivity index (χ4n) is 1.69. The molecule has 0 aromatic rings. The first-order valence-corrected chi connectivity index (χ1v) is 7.22. The van der Waals surface area contributed by atoms with Crippen molar-refractivity contribution in [1.82, 2.24) is 10.2 Å². The fourth-order valence-corrected chi connectivity index (χ4v) is 2.97. The summed E-state index contributed by atoms with van der Waals surface area (Å²) < 4.78 is 22.4. The van der Waals surface area contributed by atoms with Gasteiger partial charge in [-0.1, -0.05) is 6.92 Å². The number of sulfone groups is 1. The Labute approximate surface area is 96.1 Å². The highest BCUT2D eigenvalue weighted by molar-refractivity contribution is 7.91. The molecule has 0 radical (unpaired) electrons. The van der Waals surface area contributed by atoms with E-state index >= 15 is 0 Å². The highest BCUT2D eigenvalue weighted by Crippen LogP contribution is 2.04. The van der Waals surface area contributed by atoms with Gasteiger partial charge in [0.1, 0.15) is 0 Å². The number of likely N-dealkylation sites (N-methyl/N-ethyl adjacent to an activating group) is 1. The number of hydrogen-bond acceptors (Lipinski definition) is 5. The number of amides is 1. The van der Waals surface area contributed by atoms with Gasteiger partial charge in [0.25, 0.3) is 0 Å². The van der Waals surface area contributed by atoms with Crippen molar-refractivity contribution < 1.29 is 13.2 Å². The Kier molecular flexibility index (Phi) is 4.69. The van der Waals surface area contributed by atoms with Crippen LogP contribution >= 0.6 is 0 Å². The van der Waals surface area contributed by atoms with Crippen molar-refractivity contribution in [3.05, 3.63) is 0 Å². The third-order valence-electron chi connectivity index (χ3n) is 2.67. The van der Waals surface area contributed by atoms with Crippen LogP contribution in [-0.4, -0.2) is 63.0 Å². The molecule has 1 heterocycles. The van der Waals surface area contributed by atoms with Gasteiger partial charge in [-0.15, -0.1) is 0 Å². The standard InChI is InChI=1S/C9H19N3O3S/c1-2-11-8(9(10)13)7-12-3-5-16(14,15)6-4-12/h8,11H,2-7H2,1H3,(H2,10,13). The van der Waals surface area contributed by atoms with E-state index in [0.717, 1.165) is 0 Å². The van der Waals surface area contributed by atoms with Crippen LogP contribution in [0.4, 0.5) is 0 Å². The number of nitrogens with zero attached hydrogens (tertiary/aromatic N) is 1. The molecule has 1 atom stereocenters. The molecule has 0 spiro atoms.